The number of hydrogen-bond acceptors (Lipinski definition) is 6. The number of nitrogens with zero attached hydrogens (tertiary/aromatic N) is 2. The molecule has 0 spiro atoms. The fourth-order valence-electron chi connectivity index (χ4n) is 2.75. The lowest BCUT2D eigenvalue weighted by atomic mass is 10.2. The number of amides is 1. The molecule has 0 unspecified atom stereocenters. The SMILES string of the molecule is COC(=O)c1csc(S(=O)(=O)N2CCN(C(=O)c3ccc(Cl)c(Cl)c3)CC2)c1. The molecule has 0 radical (unpaired) electrons. The molecule has 2 heterocycles. The van der Waals surface area contributed by atoms with E-state index in [1.807, 2.05) is 0 Å². The molecule has 11 heteroatoms. The van der Waals surface area contributed by atoms with Crippen LogP contribution in [0, 0.1) is 0 Å². The van der Waals surface area contributed by atoms with E-state index in [0.717, 1.165) is 11.3 Å². The van der Waals surface area contributed by atoms with E-state index >= 15 is 0 Å². The normalized spacial score (nSPS) is 15.5. The maximum absolute atomic E-state index is 12.8. The zero-order valence-corrected chi connectivity index (χ0v) is 17.9. The Balaban J connectivity index is 1.68. The van der Waals surface area contributed by atoms with Crippen molar-refractivity contribution in [3.05, 3.63) is 50.8 Å². The van der Waals surface area contributed by atoms with Crippen LogP contribution in [-0.4, -0.2) is 62.8 Å². The van der Waals surface area contributed by atoms with Crippen molar-refractivity contribution >= 4 is 56.4 Å². The number of sulfonamides is 1. The van der Waals surface area contributed by atoms with E-state index < -0.39 is 16.0 Å². The van der Waals surface area contributed by atoms with Crippen LogP contribution in [0.4, 0.5) is 0 Å². The largest absolute Gasteiger partial charge is 0.465 e. The Labute approximate surface area is 176 Å². The van der Waals surface area contributed by atoms with E-state index in [1.165, 1.54) is 28.9 Å². The zero-order chi connectivity index (χ0) is 20.5. The molecule has 1 aliphatic heterocycles. The van der Waals surface area contributed by atoms with Crippen molar-refractivity contribution in [1.29, 1.82) is 0 Å². The summed E-state index contributed by atoms with van der Waals surface area (Å²) in [6.45, 7) is 0.794. The van der Waals surface area contributed by atoms with Crippen LogP contribution >= 0.6 is 34.5 Å². The molecule has 1 saturated heterocycles. The lowest BCUT2D eigenvalue weighted by molar-refractivity contribution is 0.0600. The van der Waals surface area contributed by atoms with E-state index in [1.54, 1.807) is 17.0 Å². The van der Waals surface area contributed by atoms with Gasteiger partial charge in [-0.15, -0.1) is 11.3 Å². The van der Waals surface area contributed by atoms with Crippen molar-refractivity contribution in [2.24, 2.45) is 0 Å². The summed E-state index contributed by atoms with van der Waals surface area (Å²) < 4.78 is 31.6. The molecule has 28 heavy (non-hydrogen) atoms. The average Bonchev–Trinajstić information content (AvgIpc) is 3.20. The molecule has 0 atom stereocenters. The maximum atomic E-state index is 12.8. The van der Waals surface area contributed by atoms with Gasteiger partial charge in [0.25, 0.3) is 15.9 Å². The van der Waals surface area contributed by atoms with Crippen LogP contribution in [0.3, 0.4) is 0 Å². The van der Waals surface area contributed by atoms with Crippen LogP contribution in [0.15, 0.2) is 33.9 Å². The van der Waals surface area contributed by atoms with Gasteiger partial charge in [-0.1, -0.05) is 23.2 Å². The standard InChI is InChI=1S/C17H16Cl2N2O5S2/c1-26-17(23)12-9-15(27-10-12)28(24,25)21-6-4-20(5-7-21)16(22)11-2-3-13(18)14(19)8-11/h2-3,8-10H,4-7H2,1H3. The lowest BCUT2D eigenvalue weighted by Crippen LogP contribution is -2.50. The summed E-state index contributed by atoms with van der Waals surface area (Å²) in [6, 6.07) is 5.93. The summed E-state index contributed by atoms with van der Waals surface area (Å²) in [5.74, 6) is -0.825. The predicted octanol–water partition coefficient (Wildman–Crippen LogP) is 2.99. The van der Waals surface area contributed by atoms with Gasteiger partial charge in [0.1, 0.15) is 4.21 Å². The minimum Gasteiger partial charge on any atom is -0.465 e. The number of halogens is 2. The Morgan fingerprint density at radius 2 is 1.71 bits per heavy atom. The molecule has 3 rings (SSSR count). The Morgan fingerprint density at radius 3 is 2.32 bits per heavy atom. The first kappa shape index (κ1) is 21.1. The minimum absolute atomic E-state index is 0.0668. The molecule has 0 N–H and O–H groups in total. The number of methoxy groups -OCH3 is 1. The number of ether oxygens (including phenoxy) is 1. The second kappa shape index (κ2) is 8.38. The van der Waals surface area contributed by atoms with E-state index in [4.69, 9.17) is 23.2 Å². The van der Waals surface area contributed by atoms with Gasteiger partial charge in [0.05, 0.1) is 22.7 Å². The van der Waals surface area contributed by atoms with Crippen LogP contribution in [0.5, 0.6) is 0 Å². The van der Waals surface area contributed by atoms with Crippen molar-refractivity contribution in [3.8, 4) is 0 Å². The van der Waals surface area contributed by atoms with Gasteiger partial charge < -0.3 is 9.64 Å². The number of thiophene rings is 1. The molecule has 2 aromatic rings. The third-order valence-electron chi connectivity index (χ3n) is 4.28. The van der Waals surface area contributed by atoms with Crippen molar-refractivity contribution in [1.82, 2.24) is 9.21 Å². The van der Waals surface area contributed by atoms with Crippen LogP contribution in [0.25, 0.3) is 0 Å². The minimum atomic E-state index is -3.74. The number of carbonyl (C=O) groups excluding carboxylic acids is 2. The summed E-state index contributed by atoms with van der Waals surface area (Å²) in [7, 11) is -2.51. The van der Waals surface area contributed by atoms with Gasteiger partial charge in [-0.2, -0.15) is 4.31 Å². The van der Waals surface area contributed by atoms with Gasteiger partial charge in [-0.25, -0.2) is 13.2 Å². The highest BCUT2D eigenvalue weighted by Crippen LogP contribution is 2.26. The molecule has 1 aromatic heterocycles. The Bertz CT molecular complexity index is 1010. The highest BCUT2D eigenvalue weighted by atomic mass is 35.5. The van der Waals surface area contributed by atoms with Gasteiger partial charge in [0.15, 0.2) is 0 Å². The third kappa shape index (κ3) is 4.18. The van der Waals surface area contributed by atoms with Crippen molar-refractivity contribution < 1.29 is 22.7 Å². The first-order valence-corrected chi connectivity index (χ1v) is 11.2. The Hall–Kier alpha value is -1.65. The molecule has 0 aliphatic carbocycles. The number of piperazine rings is 1. The van der Waals surface area contributed by atoms with Gasteiger partial charge in [-0.05, 0) is 24.3 Å². The number of carbonyl (C=O) groups is 2. The summed E-state index contributed by atoms with van der Waals surface area (Å²) in [5.41, 5.74) is 0.589. The molecule has 0 bridgehead atoms. The van der Waals surface area contributed by atoms with E-state index in [9.17, 15) is 18.0 Å². The first-order chi connectivity index (χ1) is 13.2. The molecule has 1 aromatic carbocycles. The molecule has 1 fully saturated rings. The molecule has 1 aliphatic rings. The monoisotopic (exact) mass is 462 g/mol. The van der Waals surface area contributed by atoms with Crippen molar-refractivity contribution in [2.45, 2.75) is 4.21 Å². The molecule has 7 nitrogen and oxygen atoms in total. The third-order valence-corrected chi connectivity index (χ3v) is 8.34. The predicted molar refractivity (Wildman–Crippen MR) is 107 cm³/mol. The summed E-state index contributed by atoms with van der Waals surface area (Å²) in [6.07, 6.45) is 0. The van der Waals surface area contributed by atoms with Gasteiger partial charge in [0, 0.05) is 37.1 Å². The molecular weight excluding hydrogens is 447 g/mol. The summed E-state index contributed by atoms with van der Waals surface area (Å²) in [5, 5.41) is 2.09. The number of benzene rings is 1. The second-order valence-electron chi connectivity index (χ2n) is 5.97. The van der Waals surface area contributed by atoms with Crippen LogP contribution < -0.4 is 0 Å². The summed E-state index contributed by atoms with van der Waals surface area (Å²) >= 11 is 12.8. The average molecular weight is 463 g/mol. The topological polar surface area (TPSA) is 84.0 Å². The number of rotatable bonds is 4. The fraction of sp³-hybridized carbons (Fsp3) is 0.294. The van der Waals surface area contributed by atoms with Crippen LogP contribution in [0.2, 0.25) is 10.0 Å². The Morgan fingerprint density at radius 1 is 1.04 bits per heavy atom. The fourth-order valence-corrected chi connectivity index (χ4v) is 5.77. The molecule has 1 amide bonds. The summed E-state index contributed by atoms with van der Waals surface area (Å²) in [4.78, 5) is 25.7. The molecule has 150 valence electrons. The second-order valence-corrected chi connectivity index (χ2v) is 9.86. The number of hydrogen-bond donors (Lipinski definition) is 0. The van der Waals surface area contributed by atoms with Crippen molar-refractivity contribution in [2.75, 3.05) is 33.3 Å². The maximum Gasteiger partial charge on any atom is 0.338 e. The van der Waals surface area contributed by atoms with Crippen molar-refractivity contribution in [3.63, 3.8) is 0 Å². The molecular formula is C17H16Cl2N2O5S2. The van der Waals surface area contributed by atoms with Gasteiger partial charge in [0.2, 0.25) is 0 Å². The highest BCUT2D eigenvalue weighted by Gasteiger charge is 2.32. The first-order valence-electron chi connectivity index (χ1n) is 8.15. The molecule has 0 saturated carbocycles. The lowest BCUT2D eigenvalue weighted by Gasteiger charge is -2.33. The Kier molecular flexibility index (Phi) is 6.31. The van der Waals surface area contributed by atoms with E-state index in [-0.39, 0.29) is 46.9 Å². The van der Waals surface area contributed by atoms with E-state index in [0.29, 0.717) is 10.6 Å². The smallest absolute Gasteiger partial charge is 0.338 e. The zero-order valence-electron chi connectivity index (χ0n) is 14.7. The van der Waals surface area contributed by atoms with Crippen LogP contribution in [0.1, 0.15) is 20.7 Å². The van der Waals surface area contributed by atoms with Gasteiger partial charge in [-0.3, -0.25) is 4.79 Å². The quantitative estimate of drug-likeness (QED) is 0.651. The highest BCUT2D eigenvalue weighted by molar-refractivity contribution is 7.91. The number of esters is 1. The van der Waals surface area contributed by atoms with Gasteiger partial charge >= 0.3 is 5.97 Å². The van der Waals surface area contributed by atoms with E-state index in [2.05, 4.69) is 4.74 Å². The van der Waals surface area contributed by atoms with Crippen LogP contribution in [-0.2, 0) is 14.8 Å².